The molecular weight excluding hydrogens is 654 g/mol. The molecule has 0 aliphatic carbocycles. The number of hydrogen-bond donors (Lipinski definition) is 0. The molecule has 0 saturated heterocycles. The number of imide groups is 2. The summed E-state index contributed by atoms with van der Waals surface area (Å²) in [6.45, 7) is 20.5. The normalized spacial score (nSPS) is 14.3. The van der Waals surface area contributed by atoms with Gasteiger partial charge in [-0.25, -0.2) is 0 Å². The van der Waals surface area contributed by atoms with Crippen molar-refractivity contribution in [1.82, 2.24) is 9.80 Å². The average molecular weight is 684 g/mol. The first-order valence-corrected chi connectivity index (χ1v) is 17.2. The van der Waals surface area contributed by atoms with Gasteiger partial charge in [-0.3, -0.25) is 0 Å². The zero-order valence-corrected chi connectivity index (χ0v) is 27.3. The van der Waals surface area contributed by atoms with Crippen molar-refractivity contribution in [1.29, 1.82) is 0 Å². The minimum atomic E-state index is -0.700. The summed E-state index contributed by atoms with van der Waals surface area (Å²) in [6, 6.07) is 0. The molecule has 11 heteroatoms. The number of benzene rings is 2. The van der Waals surface area contributed by atoms with Crippen LogP contribution in [0.15, 0.2) is 0 Å². The van der Waals surface area contributed by atoms with Gasteiger partial charge in [0.15, 0.2) is 0 Å². The second-order valence-corrected chi connectivity index (χ2v) is 14.8. The molecule has 5 rings (SSSR count). The molecule has 0 unspecified atom stereocenters. The Morgan fingerprint density at radius 2 is 0.907 bits per heavy atom. The summed E-state index contributed by atoms with van der Waals surface area (Å²) in [4.78, 5) is 65.8. The van der Waals surface area contributed by atoms with Gasteiger partial charge in [-0.15, -0.1) is 0 Å². The van der Waals surface area contributed by atoms with Gasteiger partial charge in [-0.2, -0.15) is 0 Å². The Labute approximate surface area is 266 Å². The summed E-state index contributed by atoms with van der Waals surface area (Å²) in [5.74, 6) is -2.58. The first-order chi connectivity index (χ1) is 20.7. The Morgan fingerprint density at radius 3 is 1.26 bits per heavy atom. The standard InChI is InChI=1S/C32H30Cl2N4O4Se/c1-5-7-9-11-13-15-37-29(39)21-17-18-22(20-19(21)27(33)43-28(20)34)30(40)38(16-14-12-10-8-6-2)32(42)24(18)26(36-4)25(35-3)23(17)31(37)41/h5-16H2,1-2H3. The predicted molar refractivity (Wildman–Crippen MR) is 169 cm³/mol. The molecule has 0 atom stereocenters. The van der Waals surface area contributed by atoms with E-state index < -0.39 is 38.1 Å². The Kier molecular flexibility index (Phi) is 9.30. The Hall–Kier alpha value is -3.20. The third-order valence-electron chi connectivity index (χ3n) is 8.30. The summed E-state index contributed by atoms with van der Waals surface area (Å²) in [5.41, 5.74) is -0.649. The van der Waals surface area contributed by atoms with Gasteiger partial charge in [0.25, 0.3) is 0 Å². The zero-order valence-electron chi connectivity index (χ0n) is 24.1. The number of rotatable bonds is 12. The van der Waals surface area contributed by atoms with Crippen molar-refractivity contribution in [3.05, 3.63) is 52.9 Å². The van der Waals surface area contributed by atoms with Crippen LogP contribution in [0.1, 0.15) is 119 Å². The number of fused-ring (bicyclic) bond motifs is 3. The molecule has 0 radical (unpaired) electrons. The molecule has 4 amide bonds. The van der Waals surface area contributed by atoms with E-state index in [0.717, 1.165) is 61.2 Å². The van der Waals surface area contributed by atoms with Crippen LogP contribution in [0.2, 0.25) is 7.79 Å². The Bertz CT molecular complexity index is 1670. The van der Waals surface area contributed by atoms with Gasteiger partial charge in [0, 0.05) is 0 Å². The second-order valence-electron chi connectivity index (χ2n) is 10.9. The molecule has 3 aromatic rings. The molecule has 0 N–H and O–H groups in total. The summed E-state index contributed by atoms with van der Waals surface area (Å²) in [6.07, 6.45) is 8.88. The number of nitrogens with zero attached hydrogens (tertiary/aromatic N) is 4. The predicted octanol–water partition coefficient (Wildman–Crippen LogP) is 8.59. The topological polar surface area (TPSA) is 83.5 Å². The molecule has 2 aliphatic heterocycles. The fourth-order valence-corrected chi connectivity index (χ4v) is 9.24. The van der Waals surface area contributed by atoms with Crippen molar-refractivity contribution >= 4 is 94.3 Å². The van der Waals surface area contributed by atoms with E-state index in [1.165, 1.54) is 0 Å². The van der Waals surface area contributed by atoms with E-state index in [9.17, 15) is 19.2 Å². The number of amides is 4. The maximum atomic E-state index is 14.2. The maximum absolute atomic E-state index is 14.2. The van der Waals surface area contributed by atoms with E-state index in [1.807, 2.05) is 0 Å². The van der Waals surface area contributed by atoms with Crippen LogP contribution in [0.25, 0.3) is 31.2 Å². The van der Waals surface area contributed by atoms with Gasteiger partial charge in [-0.1, -0.05) is 0 Å². The van der Waals surface area contributed by atoms with E-state index in [-0.39, 0.29) is 57.5 Å². The van der Waals surface area contributed by atoms with Crippen LogP contribution >= 0.6 is 23.2 Å². The van der Waals surface area contributed by atoms with Gasteiger partial charge in [-0.05, 0) is 0 Å². The first kappa shape index (κ1) is 31.2. The van der Waals surface area contributed by atoms with Crippen LogP contribution in [0.3, 0.4) is 0 Å². The summed E-state index contributed by atoms with van der Waals surface area (Å²) >= 11 is 12.9. The fourth-order valence-electron chi connectivity index (χ4n) is 6.24. The van der Waals surface area contributed by atoms with Gasteiger partial charge in [0.2, 0.25) is 0 Å². The van der Waals surface area contributed by atoms with Gasteiger partial charge >= 0.3 is 267 Å². The van der Waals surface area contributed by atoms with Crippen molar-refractivity contribution in [2.24, 2.45) is 0 Å². The van der Waals surface area contributed by atoms with Gasteiger partial charge in [0.1, 0.15) is 0 Å². The molecule has 43 heavy (non-hydrogen) atoms. The van der Waals surface area contributed by atoms with E-state index in [2.05, 4.69) is 23.5 Å². The third-order valence-corrected chi connectivity index (χ3v) is 11.1. The van der Waals surface area contributed by atoms with Crippen molar-refractivity contribution in [3.63, 3.8) is 0 Å². The average Bonchev–Trinajstić information content (AvgIpc) is 3.29. The Morgan fingerprint density at radius 1 is 0.558 bits per heavy atom. The fraction of sp³-hybridized carbons (Fsp3) is 0.438. The molecule has 0 saturated carbocycles. The number of carbonyl (C=O) groups is 4. The number of hydrogen-bond acceptors (Lipinski definition) is 4. The molecule has 3 heterocycles. The minimum absolute atomic E-state index is 0.0593. The third kappa shape index (κ3) is 4.97. The molecule has 2 aliphatic rings. The van der Waals surface area contributed by atoms with Gasteiger partial charge in [0.05, 0.1) is 0 Å². The molecule has 222 valence electrons. The van der Waals surface area contributed by atoms with Crippen molar-refractivity contribution < 1.29 is 19.2 Å². The SMILES string of the molecule is [C-]#[N+]c1c([N+]#[C-])c2c3c(c4c(Cl)[se]c(Cl)c4c4c3c1C(=O)N(CCCCCCC)C4=O)C(=O)N(CCCCCCC)C2=O. The quantitative estimate of drug-likeness (QED) is 0.0829. The molecule has 0 spiro atoms. The van der Waals surface area contributed by atoms with Crippen LogP contribution in [0, 0.1) is 13.1 Å². The van der Waals surface area contributed by atoms with Crippen LogP contribution in [-0.2, 0) is 0 Å². The summed E-state index contributed by atoms with van der Waals surface area (Å²) in [7, 11) is 0. The molecule has 0 fully saturated rings. The van der Waals surface area contributed by atoms with Crippen LogP contribution in [0.5, 0.6) is 0 Å². The summed E-state index contributed by atoms with van der Waals surface area (Å²) < 4.78 is 0.626. The van der Waals surface area contributed by atoms with Crippen molar-refractivity contribution in [2.75, 3.05) is 13.1 Å². The number of carbonyl (C=O) groups excluding carboxylic acids is 4. The van der Waals surface area contributed by atoms with E-state index >= 15 is 0 Å². The zero-order chi connectivity index (χ0) is 31.0. The van der Waals surface area contributed by atoms with Crippen molar-refractivity contribution in [3.8, 4) is 0 Å². The summed E-state index contributed by atoms with van der Waals surface area (Å²) in [5, 5.41) is 0.715. The van der Waals surface area contributed by atoms with Crippen LogP contribution in [-0.4, -0.2) is 61.0 Å². The van der Waals surface area contributed by atoms with Gasteiger partial charge < -0.3 is 0 Å². The van der Waals surface area contributed by atoms with E-state index in [4.69, 9.17) is 36.3 Å². The number of unbranched alkanes of at least 4 members (excludes halogenated alkanes) is 8. The number of halogens is 2. The molecule has 8 nitrogen and oxygen atoms in total. The van der Waals surface area contributed by atoms with Crippen LogP contribution < -0.4 is 0 Å². The Balaban J connectivity index is 1.80. The van der Waals surface area contributed by atoms with E-state index in [1.54, 1.807) is 0 Å². The second kappa shape index (κ2) is 12.8. The van der Waals surface area contributed by atoms with E-state index in [0.29, 0.717) is 31.4 Å². The monoisotopic (exact) mass is 684 g/mol. The molecule has 0 bridgehead atoms. The molecule has 2 aromatic carbocycles. The molecule has 1 aromatic heterocycles. The van der Waals surface area contributed by atoms with Crippen molar-refractivity contribution in [2.45, 2.75) is 78.1 Å². The first-order valence-electron chi connectivity index (χ1n) is 14.7. The molecular formula is C32H30Cl2N4O4Se. The van der Waals surface area contributed by atoms with Crippen LogP contribution in [0.4, 0.5) is 11.4 Å².